The predicted octanol–water partition coefficient (Wildman–Crippen LogP) is 5.86. The molecular weight excluding hydrogens is 306 g/mol. The molecule has 2 aromatic rings. The van der Waals surface area contributed by atoms with E-state index in [4.69, 9.17) is 4.74 Å². The Balaban J connectivity index is 1.72. The maximum atomic E-state index is 14.1. The van der Waals surface area contributed by atoms with Crippen LogP contribution in [-0.2, 0) is 6.42 Å². The van der Waals surface area contributed by atoms with Crippen LogP contribution in [0.3, 0.4) is 0 Å². The first-order valence-electron chi connectivity index (χ1n) is 8.68. The van der Waals surface area contributed by atoms with Crippen LogP contribution in [0.1, 0.15) is 55.2 Å². The number of hydrogen-bond acceptors (Lipinski definition) is 1. The van der Waals surface area contributed by atoms with E-state index in [0.29, 0.717) is 17.9 Å². The van der Waals surface area contributed by atoms with Gasteiger partial charge >= 0.3 is 0 Å². The summed E-state index contributed by atoms with van der Waals surface area (Å²) in [6, 6.07) is 11.4. The normalized spacial score (nSPS) is 20.8. The van der Waals surface area contributed by atoms with Gasteiger partial charge in [0, 0.05) is 6.42 Å². The second kappa shape index (κ2) is 7.33. The van der Waals surface area contributed by atoms with E-state index in [2.05, 4.69) is 19.1 Å². The van der Waals surface area contributed by atoms with Gasteiger partial charge in [-0.15, -0.1) is 0 Å². The van der Waals surface area contributed by atoms with Crippen molar-refractivity contribution < 1.29 is 13.5 Å². The highest BCUT2D eigenvalue weighted by Gasteiger charge is 2.19. The number of methoxy groups -OCH3 is 1. The number of hydrogen-bond donors (Lipinski definition) is 0. The maximum Gasteiger partial charge on any atom is 0.200 e. The van der Waals surface area contributed by atoms with Gasteiger partial charge in [-0.25, -0.2) is 4.39 Å². The Morgan fingerprint density at radius 1 is 0.917 bits per heavy atom. The summed E-state index contributed by atoms with van der Waals surface area (Å²) in [5.41, 5.74) is 2.71. The SMILES string of the molecule is COc1ccc(Cc2ccc(C3CCC(C)CC3)cc2)c(F)c1F. The van der Waals surface area contributed by atoms with Crippen molar-refractivity contribution in [2.45, 2.75) is 44.9 Å². The lowest BCUT2D eigenvalue weighted by Crippen LogP contribution is -2.10. The molecule has 0 bridgehead atoms. The molecule has 3 heteroatoms. The molecule has 1 aliphatic rings. The maximum absolute atomic E-state index is 14.1. The molecule has 0 spiro atoms. The fourth-order valence-corrected chi connectivity index (χ4v) is 3.59. The van der Waals surface area contributed by atoms with Crippen LogP contribution in [0, 0.1) is 17.6 Å². The highest BCUT2D eigenvalue weighted by Crippen LogP contribution is 2.35. The molecule has 0 amide bonds. The van der Waals surface area contributed by atoms with Gasteiger partial charge in [0.25, 0.3) is 0 Å². The van der Waals surface area contributed by atoms with Crippen LogP contribution in [0.25, 0.3) is 0 Å². The predicted molar refractivity (Wildman–Crippen MR) is 92.5 cm³/mol. The molecule has 2 aromatic carbocycles. The van der Waals surface area contributed by atoms with Crippen LogP contribution in [-0.4, -0.2) is 7.11 Å². The zero-order valence-corrected chi connectivity index (χ0v) is 14.3. The van der Waals surface area contributed by atoms with E-state index in [9.17, 15) is 8.78 Å². The van der Waals surface area contributed by atoms with E-state index < -0.39 is 11.6 Å². The molecule has 0 saturated heterocycles. The molecule has 1 aliphatic carbocycles. The summed E-state index contributed by atoms with van der Waals surface area (Å²) in [6.45, 7) is 2.32. The standard InChI is InChI=1S/C21H24F2O/c1-14-3-7-16(8-4-14)17-9-5-15(6-10-17)13-18-11-12-19(24-2)21(23)20(18)22/h5-6,9-12,14,16H,3-4,7-8,13H2,1-2H3. The Morgan fingerprint density at radius 3 is 2.21 bits per heavy atom. The van der Waals surface area contributed by atoms with Crippen molar-refractivity contribution >= 4 is 0 Å². The summed E-state index contributed by atoms with van der Waals surface area (Å²) >= 11 is 0. The van der Waals surface area contributed by atoms with Crippen molar-refractivity contribution in [1.29, 1.82) is 0 Å². The third-order valence-electron chi connectivity index (χ3n) is 5.21. The number of benzene rings is 2. The minimum absolute atomic E-state index is 0.0573. The molecule has 128 valence electrons. The molecule has 1 nitrogen and oxygen atoms in total. The van der Waals surface area contributed by atoms with Crippen LogP contribution >= 0.6 is 0 Å². The summed E-state index contributed by atoms with van der Waals surface area (Å²) < 4.78 is 32.7. The quantitative estimate of drug-likeness (QED) is 0.682. The Bertz CT molecular complexity index is 686. The molecule has 0 aliphatic heterocycles. The second-order valence-electron chi connectivity index (χ2n) is 6.93. The number of ether oxygens (including phenoxy) is 1. The van der Waals surface area contributed by atoms with Gasteiger partial charge < -0.3 is 4.74 Å². The van der Waals surface area contributed by atoms with Gasteiger partial charge in [-0.1, -0.05) is 50.1 Å². The highest BCUT2D eigenvalue weighted by atomic mass is 19.2. The van der Waals surface area contributed by atoms with Gasteiger partial charge in [0.1, 0.15) is 0 Å². The molecule has 0 radical (unpaired) electrons. The minimum Gasteiger partial charge on any atom is -0.494 e. The Hall–Kier alpha value is -1.90. The molecular formula is C21H24F2O. The smallest absolute Gasteiger partial charge is 0.200 e. The van der Waals surface area contributed by atoms with Gasteiger partial charge in [-0.3, -0.25) is 0 Å². The van der Waals surface area contributed by atoms with E-state index in [-0.39, 0.29) is 5.75 Å². The van der Waals surface area contributed by atoms with Gasteiger partial charge in [-0.05, 0) is 47.4 Å². The summed E-state index contributed by atoms with van der Waals surface area (Å²) in [5, 5.41) is 0. The first-order chi connectivity index (χ1) is 11.6. The lowest BCUT2D eigenvalue weighted by molar-refractivity contribution is 0.348. The number of halogens is 2. The van der Waals surface area contributed by atoms with E-state index >= 15 is 0 Å². The average Bonchev–Trinajstić information content (AvgIpc) is 2.61. The summed E-state index contributed by atoms with van der Waals surface area (Å²) in [4.78, 5) is 0. The van der Waals surface area contributed by atoms with E-state index in [1.54, 1.807) is 6.07 Å². The lowest BCUT2D eigenvalue weighted by atomic mass is 9.79. The fraction of sp³-hybridized carbons (Fsp3) is 0.429. The van der Waals surface area contributed by atoms with Crippen molar-refractivity contribution in [1.82, 2.24) is 0 Å². The summed E-state index contributed by atoms with van der Waals surface area (Å²) in [5.74, 6) is -0.306. The van der Waals surface area contributed by atoms with E-state index in [0.717, 1.165) is 11.5 Å². The van der Waals surface area contributed by atoms with Crippen molar-refractivity contribution in [2.75, 3.05) is 7.11 Å². The lowest BCUT2D eigenvalue weighted by Gasteiger charge is -2.26. The minimum atomic E-state index is -0.914. The van der Waals surface area contributed by atoms with Crippen LogP contribution in [0.4, 0.5) is 8.78 Å². The molecule has 1 fully saturated rings. The summed E-state index contributed by atoms with van der Waals surface area (Å²) in [6.07, 6.45) is 5.47. The molecule has 0 unspecified atom stereocenters. The molecule has 0 aromatic heterocycles. The van der Waals surface area contributed by atoms with Gasteiger partial charge in [-0.2, -0.15) is 4.39 Å². The third-order valence-corrected chi connectivity index (χ3v) is 5.21. The van der Waals surface area contributed by atoms with Crippen molar-refractivity contribution in [3.8, 4) is 5.75 Å². The van der Waals surface area contributed by atoms with Gasteiger partial charge in [0.2, 0.25) is 5.82 Å². The fourth-order valence-electron chi connectivity index (χ4n) is 3.59. The zero-order valence-electron chi connectivity index (χ0n) is 14.3. The van der Waals surface area contributed by atoms with Gasteiger partial charge in [0.05, 0.1) is 7.11 Å². The Morgan fingerprint density at radius 2 is 1.58 bits per heavy atom. The van der Waals surface area contributed by atoms with Crippen molar-refractivity contribution in [2.24, 2.45) is 5.92 Å². The largest absolute Gasteiger partial charge is 0.494 e. The summed E-state index contributed by atoms with van der Waals surface area (Å²) in [7, 11) is 1.34. The Labute approximate surface area is 142 Å². The monoisotopic (exact) mass is 330 g/mol. The average molecular weight is 330 g/mol. The molecule has 1 saturated carbocycles. The van der Waals surface area contributed by atoms with Gasteiger partial charge in [0.15, 0.2) is 11.6 Å². The molecule has 3 rings (SSSR count). The van der Waals surface area contributed by atoms with Crippen molar-refractivity contribution in [3.63, 3.8) is 0 Å². The Kier molecular flexibility index (Phi) is 5.17. The second-order valence-corrected chi connectivity index (χ2v) is 6.93. The highest BCUT2D eigenvalue weighted by molar-refractivity contribution is 5.35. The molecule has 0 atom stereocenters. The zero-order chi connectivity index (χ0) is 17.1. The first-order valence-corrected chi connectivity index (χ1v) is 8.68. The van der Waals surface area contributed by atoms with E-state index in [1.165, 1.54) is 44.4 Å². The topological polar surface area (TPSA) is 9.23 Å². The molecule has 24 heavy (non-hydrogen) atoms. The van der Waals surface area contributed by atoms with Crippen LogP contribution in [0.2, 0.25) is 0 Å². The van der Waals surface area contributed by atoms with Crippen LogP contribution in [0.5, 0.6) is 5.75 Å². The third kappa shape index (κ3) is 3.61. The van der Waals surface area contributed by atoms with E-state index in [1.807, 2.05) is 12.1 Å². The van der Waals surface area contributed by atoms with Crippen molar-refractivity contribution in [3.05, 3.63) is 64.7 Å². The first kappa shape index (κ1) is 16.9. The number of rotatable bonds is 4. The molecule has 0 heterocycles. The molecule has 0 N–H and O–H groups in total. The van der Waals surface area contributed by atoms with Crippen LogP contribution < -0.4 is 4.74 Å². The van der Waals surface area contributed by atoms with Crippen LogP contribution in [0.15, 0.2) is 36.4 Å².